The lowest BCUT2D eigenvalue weighted by Gasteiger charge is -2.38. The van der Waals surface area contributed by atoms with E-state index in [-0.39, 0.29) is 18.8 Å². The van der Waals surface area contributed by atoms with Gasteiger partial charge in [0.05, 0.1) is 35.2 Å². The Kier molecular flexibility index (Phi) is 5.74. The molecule has 35 heavy (non-hydrogen) atoms. The Bertz CT molecular complexity index is 1410. The van der Waals surface area contributed by atoms with Crippen LogP contribution in [0.25, 0.3) is 11.0 Å². The second-order valence-electron chi connectivity index (χ2n) is 8.20. The predicted molar refractivity (Wildman–Crippen MR) is 129 cm³/mol. The van der Waals surface area contributed by atoms with Gasteiger partial charge in [0.25, 0.3) is 5.69 Å². The molecule has 0 saturated carbocycles. The van der Waals surface area contributed by atoms with Gasteiger partial charge in [0.2, 0.25) is 11.9 Å². The molecule has 5 rings (SSSR count). The van der Waals surface area contributed by atoms with Crippen molar-refractivity contribution >= 4 is 34.5 Å². The number of nitro benzene ring substituents is 1. The van der Waals surface area contributed by atoms with Gasteiger partial charge in [-0.15, -0.1) is 0 Å². The third-order valence-corrected chi connectivity index (χ3v) is 6.11. The van der Waals surface area contributed by atoms with E-state index in [2.05, 4.69) is 0 Å². The van der Waals surface area contributed by atoms with Gasteiger partial charge in [0.15, 0.2) is 5.92 Å². The van der Waals surface area contributed by atoms with E-state index >= 15 is 0 Å². The molecule has 9 heteroatoms. The zero-order valence-electron chi connectivity index (χ0n) is 18.9. The maximum Gasteiger partial charge on any atom is 0.321 e. The lowest BCUT2D eigenvalue weighted by atomic mass is 9.89. The molecule has 0 bridgehead atoms. The molecule has 4 aromatic rings. The van der Waals surface area contributed by atoms with Gasteiger partial charge in [-0.2, -0.15) is 0 Å². The van der Waals surface area contributed by atoms with Crippen LogP contribution in [0.1, 0.15) is 24.1 Å². The number of hydrogen-bond acceptors (Lipinski definition) is 6. The van der Waals surface area contributed by atoms with E-state index in [4.69, 9.17) is 9.72 Å². The van der Waals surface area contributed by atoms with Crippen LogP contribution in [0.3, 0.4) is 0 Å². The molecule has 3 aromatic carbocycles. The van der Waals surface area contributed by atoms with E-state index in [9.17, 15) is 19.7 Å². The van der Waals surface area contributed by atoms with E-state index < -0.39 is 28.8 Å². The number of carbonyl (C=O) groups excluding carboxylic acids is 2. The van der Waals surface area contributed by atoms with Crippen molar-refractivity contribution in [1.29, 1.82) is 0 Å². The van der Waals surface area contributed by atoms with E-state index in [1.807, 2.05) is 59.2 Å². The zero-order valence-corrected chi connectivity index (χ0v) is 18.9. The molecule has 1 aromatic heterocycles. The molecule has 0 spiro atoms. The van der Waals surface area contributed by atoms with Gasteiger partial charge in [-0.3, -0.25) is 24.6 Å². The van der Waals surface area contributed by atoms with Crippen molar-refractivity contribution in [2.24, 2.45) is 5.92 Å². The number of esters is 1. The molecular weight excluding hydrogens is 448 g/mol. The van der Waals surface area contributed by atoms with Gasteiger partial charge in [0.1, 0.15) is 0 Å². The smallest absolute Gasteiger partial charge is 0.321 e. The van der Waals surface area contributed by atoms with Crippen molar-refractivity contribution in [3.8, 4) is 0 Å². The first-order valence-electron chi connectivity index (χ1n) is 11.2. The van der Waals surface area contributed by atoms with Gasteiger partial charge in [-0.05, 0) is 30.2 Å². The minimum atomic E-state index is -1.19. The minimum absolute atomic E-state index is 0.0787. The van der Waals surface area contributed by atoms with Crippen molar-refractivity contribution in [3.05, 3.63) is 100 Å². The molecule has 0 N–H and O–H groups in total. The van der Waals surface area contributed by atoms with Gasteiger partial charge in [-0.25, -0.2) is 4.98 Å². The fourth-order valence-electron chi connectivity index (χ4n) is 4.56. The highest BCUT2D eigenvalue weighted by atomic mass is 16.6. The van der Waals surface area contributed by atoms with Crippen LogP contribution in [0, 0.1) is 16.0 Å². The number of rotatable bonds is 6. The van der Waals surface area contributed by atoms with Crippen LogP contribution in [-0.4, -0.2) is 33.0 Å². The fourth-order valence-corrected chi connectivity index (χ4v) is 4.56. The van der Waals surface area contributed by atoms with Crippen LogP contribution in [0.4, 0.5) is 11.6 Å². The van der Waals surface area contributed by atoms with Crippen molar-refractivity contribution in [2.45, 2.75) is 19.5 Å². The number of fused-ring (bicyclic) bond motifs is 3. The third kappa shape index (κ3) is 3.90. The maximum absolute atomic E-state index is 13.9. The number of hydrogen-bond donors (Lipinski definition) is 0. The topological polar surface area (TPSA) is 108 Å². The van der Waals surface area contributed by atoms with Crippen molar-refractivity contribution in [1.82, 2.24) is 9.55 Å². The highest BCUT2D eigenvalue weighted by molar-refractivity contribution is 6.08. The van der Waals surface area contributed by atoms with Crippen LogP contribution < -0.4 is 4.90 Å². The van der Waals surface area contributed by atoms with Crippen LogP contribution in [0.2, 0.25) is 0 Å². The third-order valence-electron chi connectivity index (χ3n) is 6.11. The number of amides is 1. The lowest BCUT2D eigenvalue weighted by molar-refractivity contribution is -0.384. The number of nitro groups is 1. The highest BCUT2D eigenvalue weighted by Crippen LogP contribution is 2.42. The van der Waals surface area contributed by atoms with Gasteiger partial charge in [-0.1, -0.05) is 54.6 Å². The highest BCUT2D eigenvalue weighted by Gasteiger charge is 2.47. The molecule has 0 aliphatic carbocycles. The second-order valence-corrected chi connectivity index (χ2v) is 8.20. The Morgan fingerprint density at radius 3 is 2.40 bits per heavy atom. The van der Waals surface area contributed by atoms with E-state index in [0.717, 1.165) is 11.1 Å². The maximum atomic E-state index is 13.9. The molecule has 0 radical (unpaired) electrons. The summed E-state index contributed by atoms with van der Waals surface area (Å²) in [4.78, 5) is 44.1. The molecule has 0 saturated heterocycles. The molecule has 9 nitrogen and oxygen atoms in total. The average molecular weight is 470 g/mol. The van der Waals surface area contributed by atoms with E-state index in [1.165, 1.54) is 17.0 Å². The monoisotopic (exact) mass is 470 g/mol. The summed E-state index contributed by atoms with van der Waals surface area (Å²) in [5.41, 5.74) is 2.79. The van der Waals surface area contributed by atoms with Crippen LogP contribution in [-0.2, 0) is 20.9 Å². The molecule has 1 aliphatic rings. The minimum Gasteiger partial charge on any atom is -0.465 e. The summed E-state index contributed by atoms with van der Waals surface area (Å²) in [5, 5.41) is 11.2. The Hall–Kier alpha value is -4.53. The summed E-state index contributed by atoms with van der Waals surface area (Å²) in [6.45, 7) is 2.03. The molecule has 0 fully saturated rings. The molecule has 1 amide bonds. The second kappa shape index (κ2) is 9.02. The van der Waals surface area contributed by atoms with Crippen molar-refractivity contribution in [3.63, 3.8) is 0 Å². The first kappa shape index (κ1) is 22.3. The van der Waals surface area contributed by atoms with Crippen molar-refractivity contribution in [2.75, 3.05) is 11.5 Å². The Balaban J connectivity index is 1.73. The Labute approximate surface area is 200 Å². The molecule has 2 atom stereocenters. The largest absolute Gasteiger partial charge is 0.465 e. The molecule has 2 unspecified atom stereocenters. The summed E-state index contributed by atoms with van der Waals surface area (Å²) in [6, 6.07) is 22.0. The first-order valence-corrected chi connectivity index (χ1v) is 11.2. The Morgan fingerprint density at radius 1 is 1.03 bits per heavy atom. The van der Waals surface area contributed by atoms with Crippen LogP contribution in [0.15, 0.2) is 78.9 Å². The number of nitrogens with zero attached hydrogens (tertiary/aromatic N) is 4. The van der Waals surface area contributed by atoms with Gasteiger partial charge in [0, 0.05) is 12.1 Å². The molecule has 2 heterocycles. The summed E-state index contributed by atoms with van der Waals surface area (Å²) in [5.74, 6) is -1.87. The van der Waals surface area contributed by atoms with Crippen molar-refractivity contribution < 1.29 is 19.2 Å². The van der Waals surface area contributed by atoms with Crippen LogP contribution in [0.5, 0.6) is 0 Å². The lowest BCUT2D eigenvalue weighted by Crippen LogP contribution is -2.49. The number of aromatic nitrogens is 2. The van der Waals surface area contributed by atoms with Crippen LogP contribution >= 0.6 is 0 Å². The number of para-hydroxylation sites is 2. The molecule has 1 aliphatic heterocycles. The summed E-state index contributed by atoms with van der Waals surface area (Å²) < 4.78 is 7.20. The quantitative estimate of drug-likeness (QED) is 0.180. The van der Waals surface area contributed by atoms with Gasteiger partial charge < -0.3 is 9.30 Å². The SMILES string of the molecule is CCOC(=O)C1C(=O)N(Cc2ccccc2)c2nc3ccccc3n2C1c1ccc([N+](=O)[O-])cc1. The number of anilines is 1. The summed E-state index contributed by atoms with van der Waals surface area (Å²) in [6.07, 6.45) is 0. The van der Waals surface area contributed by atoms with Gasteiger partial charge >= 0.3 is 5.97 Å². The average Bonchev–Trinajstić information content (AvgIpc) is 3.25. The molecule has 176 valence electrons. The number of ether oxygens (including phenoxy) is 1. The normalized spacial score (nSPS) is 17.3. The number of imidazole rings is 1. The number of carbonyl (C=O) groups is 2. The molecular formula is C26H22N4O5. The predicted octanol–water partition coefficient (Wildman–Crippen LogP) is 4.26. The standard InChI is InChI=1S/C26H22N4O5/c1-2-35-25(32)22-23(18-12-14-19(15-13-18)30(33)34)29-21-11-7-6-10-20(21)27-26(29)28(24(22)31)16-17-8-4-3-5-9-17/h3-15,22-23H,2,16H2,1H3. The number of benzene rings is 3. The van der Waals surface area contributed by atoms with E-state index in [1.54, 1.807) is 19.1 Å². The summed E-state index contributed by atoms with van der Waals surface area (Å²) >= 11 is 0. The number of non-ortho nitro benzene ring substituents is 1. The Morgan fingerprint density at radius 2 is 1.71 bits per heavy atom. The first-order chi connectivity index (χ1) is 17.0. The van der Waals surface area contributed by atoms with E-state index in [0.29, 0.717) is 17.0 Å². The zero-order chi connectivity index (χ0) is 24.5. The fraction of sp³-hybridized carbons (Fsp3) is 0.192. The summed E-state index contributed by atoms with van der Waals surface area (Å²) in [7, 11) is 0.